The van der Waals surface area contributed by atoms with Crippen LogP contribution in [0, 0.1) is 0 Å². The van der Waals surface area contributed by atoms with Gasteiger partial charge in [-0.3, -0.25) is 0 Å². The van der Waals surface area contributed by atoms with E-state index in [1.807, 2.05) is 66.7 Å². The van der Waals surface area contributed by atoms with Gasteiger partial charge in [0.15, 0.2) is 17.5 Å². The molecule has 3 heteroatoms. The van der Waals surface area contributed by atoms with E-state index in [2.05, 4.69) is 121 Å². The van der Waals surface area contributed by atoms with Gasteiger partial charge < -0.3 is 0 Å². The van der Waals surface area contributed by atoms with Crippen LogP contribution in [0.1, 0.15) is 0 Å². The molecule has 0 atom stereocenters. The van der Waals surface area contributed by atoms with E-state index in [-0.39, 0.29) is 0 Å². The fourth-order valence-electron chi connectivity index (χ4n) is 6.05. The summed E-state index contributed by atoms with van der Waals surface area (Å²) in [6.45, 7) is 0. The Morgan fingerprint density at radius 3 is 0.688 bits per heavy atom. The third-order valence-electron chi connectivity index (χ3n) is 8.48. The Morgan fingerprint density at radius 2 is 0.396 bits per heavy atom. The van der Waals surface area contributed by atoms with Crippen molar-refractivity contribution in [3.05, 3.63) is 188 Å². The Morgan fingerprint density at radius 1 is 0.188 bits per heavy atom. The quantitative estimate of drug-likeness (QED) is 0.179. The van der Waals surface area contributed by atoms with E-state index in [0.717, 1.165) is 50.1 Å². The van der Waals surface area contributed by atoms with Gasteiger partial charge >= 0.3 is 0 Å². The molecule has 0 radical (unpaired) electrons. The van der Waals surface area contributed by atoms with Crippen LogP contribution in [0.4, 0.5) is 0 Å². The van der Waals surface area contributed by atoms with Crippen LogP contribution in [0.5, 0.6) is 0 Å². The highest BCUT2D eigenvalue weighted by atomic mass is 15.0. The van der Waals surface area contributed by atoms with Crippen LogP contribution >= 0.6 is 0 Å². The number of hydrogen-bond acceptors (Lipinski definition) is 3. The van der Waals surface area contributed by atoms with E-state index in [1.54, 1.807) is 0 Å². The van der Waals surface area contributed by atoms with Gasteiger partial charge in [-0.2, -0.15) is 0 Å². The first-order chi connectivity index (χ1) is 23.8. The third kappa shape index (κ3) is 6.18. The average Bonchev–Trinajstić information content (AvgIpc) is 3.19. The van der Waals surface area contributed by atoms with E-state index in [1.165, 1.54) is 11.1 Å². The van der Waals surface area contributed by atoms with Crippen LogP contribution in [0.25, 0.3) is 78.7 Å². The highest BCUT2D eigenvalue weighted by molar-refractivity contribution is 5.85. The summed E-state index contributed by atoms with van der Waals surface area (Å²) in [4.78, 5) is 15.1. The molecule has 0 amide bonds. The first-order valence-corrected chi connectivity index (χ1v) is 16.1. The van der Waals surface area contributed by atoms with Crippen LogP contribution in [0.3, 0.4) is 0 Å². The van der Waals surface area contributed by atoms with Crippen molar-refractivity contribution in [3.8, 4) is 78.7 Å². The molecule has 7 aromatic carbocycles. The Hall–Kier alpha value is -6.45. The highest BCUT2D eigenvalue weighted by Crippen LogP contribution is 2.37. The second-order valence-electron chi connectivity index (χ2n) is 11.7. The summed E-state index contributed by atoms with van der Waals surface area (Å²) in [6.07, 6.45) is 0. The van der Waals surface area contributed by atoms with Crippen molar-refractivity contribution in [1.82, 2.24) is 15.0 Å². The number of benzene rings is 7. The molecule has 226 valence electrons. The van der Waals surface area contributed by atoms with E-state index in [9.17, 15) is 0 Å². The molecular weight excluding hydrogens is 583 g/mol. The number of hydrogen-bond donors (Lipinski definition) is 0. The standard InChI is InChI=1S/C45H31N3/c1-6-16-32(17-7-1)37-26-38(33-18-8-2-9-19-33)28-40(27-37)41-29-39(34-20-10-3-11-21-34)30-42(31-41)45-47-43(35-22-12-4-13-23-35)46-44(48-45)36-24-14-5-15-25-36/h1-31H. The predicted octanol–water partition coefficient (Wildman–Crippen LogP) is 11.5. The molecule has 8 aromatic rings. The van der Waals surface area contributed by atoms with Gasteiger partial charge in [0.05, 0.1) is 0 Å². The summed E-state index contributed by atoms with van der Waals surface area (Å²) in [7, 11) is 0. The molecule has 0 aliphatic heterocycles. The summed E-state index contributed by atoms with van der Waals surface area (Å²) >= 11 is 0. The fraction of sp³-hybridized carbons (Fsp3) is 0. The Bertz CT molecular complexity index is 2040. The zero-order valence-electron chi connectivity index (χ0n) is 26.2. The topological polar surface area (TPSA) is 38.7 Å². The fourth-order valence-corrected chi connectivity index (χ4v) is 6.05. The third-order valence-corrected chi connectivity index (χ3v) is 8.48. The van der Waals surface area contributed by atoms with Crippen LogP contribution in [0.2, 0.25) is 0 Å². The zero-order chi connectivity index (χ0) is 32.1. The van der Waals surface area contributed by atoms with Crippen molar-refractivity contribution in [2.24, 2.45) is 0 Å². The van der Waals surface area contributed by atoms with Crippen molar-refractivity contribution < 1.29 is 0 Å². The van der Waals surface area contributed by atoms with Crippen molar-refractivity contribution in [3.63, 3.8) is 0 Å². The second kappa shape index (κ2) is 13.1. The molecule has 8 rings (SSSR count). The van der Waals surface area contributed by atoms with Gasteiger partial charge in [0.25, 0.3) is 0 Å². The van der Waals surface area contributed by atoms with E-state index in [0.29, 0.717) is 17.5 Å². The van der Waals surface area contributed by atoms with Gasteiger partial charge in [-0.05, 0) is 80.9 Å². The van der Waals surface area contributed by atoms with Crippen LogP contribution < -0.4 is 0 Å². The lowest BCUT2D eigenvalue weighted by molar-refractivity contribution is 1.07. The first kappa shape index (κ1) is 29.0. The van der Waals surface area contributed by atoms with Crippen molar-refractivity contribution >= 4 is 0 Å². The molecule has 0 bridgehead atoms. The Labute approximate surface area is 280 Å². The monoisotopic (exact) mass is 613 g/mol. The molecule has 1 aromatic heterocycles. The zero-order valence-corrected chi connectivity index (χ0v) is 26.2. The minimum atomic E-state index is 0.629. The van der Waals surface area contributed by atoms with Gasteiger partial charge in [0.1, 0.15) is 0 Å². The molecule has 0 aliphatic carbocycles. The summed E-state index contributed by atoms with van der Waals surface area (Å²) in [5.74, 6) is 1.91. The maximum Gasteiger partial charge on any atom is 0.164 e. The summed E-state index contributed by atoms with van der Waals surface area (Å²) in [5, 5.41) is 0. The molecule has 0 saturated heterocycles. The number of rotatable bonds is 7. The molecule has 3 nitrogen and oxygen atoms in total. The van der Waals surface area contributed by atoms with Crippen molar-refractivity contribution in [2.45, 2.75) is 0 Å². The molecule has 0 unspecified atom stereocenters. The van der Waals surface area contributed by atoms with Gasteiger partial charge in [-0.1, -0.05) is 152 Å². The lowest BCUT2D eigenvalue weighted by Gasteiger charge is -2.15. The lowest BCUT2D eigenvalue weighted by Crippen LogP contribution is -2.00. The van der Waals surface area contributed by atoms with Gasteiger partial charge in [0.2, 0.25) is 0 Å². The molecule has 0 aliphatic rings. The van der Waals surface area contributed by atoms with E-state index >= 15 is 0 Å². The molecule has 0 saturated carbocycles. The van der Waals surface area contributed by atoms with E-state index in [4.69, 9.17) is 15.0 Å². The highest BCUT2D eigenvalue weighted by Gasteiger charge is 2.16. The van der Waals surface area contributed by atoms with Gasteiger partial charge in [-0.25, -0.2) is 15.0 Å². The molecule has 0 N–H and O–H groups in total. The lowest BCUT2D eigenvalue weighted by atomic mass is 9.91. The normalized spacial score (nSPS) is 10.9. The van der Waals surface area contributed by atoms with Crippen molar-refractivity contribution in [1.29, 1.82) is 0 Å². The first-order valence-electron chi connectivity index (χ1n) is 16.1. The van der Waals surface area contributed by atoms with Crippen molar-refractivity contribution in [2.75, 3.05) is 0 Å². The molecular formula is C45H31N3. The van der Waals surface area contributed by atoms with E-state index < -0.39 is 0 Å². The Balaban J connectivity index is 1.36. The summed E-state index contributed by atoms with van der Waals surface area (Å²) in [5.41, 5.74) is 11.9. The van der Waals surface area contributed by atoms with Crippen LogP contribution in [0.15, 0.2) is 188 Å². The summed E-state index contributed by atoms with van der Waals surface area (Å²) in [6, 6.07) is 65.4. The SMILES string of the molecule is c1ccc(-c2cc(-c3ccccc3)cc(-c3cc(-c4ccccc4)cc(-c4nc(-c5ccccc5)nc(-c5ccccc5)n4)c3)c2)cc1. The molecule has 48 heavy (non-hydrogen) atoms. The smallest absolute Gasteiger partial charge is 0.164 e. The molecule has 0 spiro atoms. The van der Waals surface area contributed by atoms with Gasteiger partial charge in [-0.15, -0.1) is 0 Å². The summed E-state index contributed by atoms with van der Waals surface area (Å²) < 4.78 is 0. The largest absolute Gasteiger partial charge is 0.208 e. The number of nitrogens with zero attached hydrogens (tertiary/aromatic N) is 3. The van der Waals surface area contributed by atoms with Crippen LogP contribution in [-0.2, 0) is 0 Å². The maximum atomic E-state index is 5.08. The molecule has 0 fully saturated rings. The molecule has 1 heterocycles. The predicted molar refractivity (Wildman–Crippen MR) is 198 cm³/mol. The minimum absolute atomic E-state index is 0.629. The maximum absolute atomic E-state index is 5.08. The van der Waals surface area contributed by atoms with Crippen LogP contribution in [-0.4, -0.2) is 15.0 Å². The number of aromatic nitrogens is 3. The van der Waals surface area contributed by atoms with Gasteiger partial charge in [0, 0.05) is 16.7 Å². The Kier molecular flexibility index (Phi) is 7.92. The second-order valence-corrected chi connectivity index (χ2v) is 11.7. The minimum Gasteiger partial charge on any atom is -0.208 e. The average molecular weight is 614 g/mol.